The van der Waals surface area contributed by atoms with E-state index in [4.69, 9.17) is 5.11 Å². The Hall–Kier alpha value is -1.67. The van der Waals surface area contributed by atoms with Crippen LogP contribution in [-0.2, 0) is 6.61 Å². The lowest BCUT2D eigenvalue weighted by molar-refractivity contribution is 0.282. The van der Waals surface area contributed by atoms with Crippen LogP contribution in [0.5, 0.6) is 0 Å². The molecule has 69 valence electrons. The van der Waals surface area contributed by atoms with Gasteiger partial charge >= 0.3 is 0 Å². The van der Waals surface area contributed by atoms with Crippen LogP contribution in [0.15, 0.2) is 42.7 Å². The number of benzene rings is 1. The molecule has 1 aromatic carbocycles. The van der Waals surface area contributed by atoms with E-state index in [0.717, 1.165) is 16.7 Å². The fourth-order valence-electron chi connectivity index (χ4n) is 1.31. The van der Waals surface area contributed by atoms with Gasteiger partial charge in [-0.2, -0.15) is 0 Å². The predicted molar refractivity (Wildman–Crippen MR) is 54.4 cm³/mol. The Bertz CT molecular complexity index is 412. The molecular weight excluding hydrogens is 174 g/mol. The molecule has 14 heavy (non-hydrogen) atoms. The van der Waals surface area contributed by atoms with E-state index in [0.29, 0.717) is 0 Å². The Kier molecular flexibility index (Phi) is 2.56. The molecule has 1 radical (unpaired) electrons. The first kappa shape index (κ1) is 8.91. The van der Waals surface area contributed by atoms with Gasteiger partial charge in [0.1, 0.15) is 0 Å². The number of aliphatic hydroxyl groups excluding tert-OH is 1. The maximum absolute atomic E-state index is 8.98. The summed E-state index contributed by atoms with van der Waals surface area (Å²) in [6.07, 6.45) is 3.49. The molecule has 0 atom stereocenters. The van der Waals surface area contributed by atoms with Crippen LogP contribution in [0.1, 0.15) is 5.56 Å². The Morgan fingerprint density at radius 2 is 2.00 bits per heavy atom. The topological polar surface area (TPSA) is 33.1 Å². The van der Waals surface area contributed by atoms with Crippen LogP contribution >= 0.6 is 0 Å². The van der Waals surface area contributed by atoms with Crippen molar-refractivity contribution >= 4 is 0 Å². The highest BCUT2D eigenvalue weighted by Crippen LogP contribution is 2.18. The predicted octanol–water partition coefficient (Wildman–Crippen LogP) is 2.04. The first-order valence-electron chi connectivity index (χ1n) is 4.42. The van der Waals surface area contributed by atoms with Crippen LogP contribution in [0.4, 0.5) is 0 Å². The summed E-state index contributed by atoms with van der Waals surface area (Å²) in [5.74, 6) is 0. The molecular formula is C12H10NO. The van der Waals surface area contributed by atoms with Crippen molar-refractivity contribution in [1.29, 1.82) is 0 Å². The van der Waals surface area contributed by atoms with Crippen molar-refractivity contribution in [2.24, 2.45) is 0 Å². The van der Waals surface area contributed by atoms with Crippen LogP contribution in [-0.4, -0.2) is 10.1 Å². The summed E-state index contributed by atoms with van der Waals surface area (Å²) in [6.45, 7) is 0.0623. The number of aliphatic hydroxyl groups is 1. The lowest BCUT2D eigenvalue weighted by Crippen LogP contribution is -1.84. The molecule has 1 aromatic heterocycles. The average Bonchev–Trinajstić information content (AvgIpc) is 2.30. The minimum Gasteiger partial charge on any atom is -0.392 e. The standard InChI is InChI=1S/C12H10NO/c14-9-10-2-1-3-12(8-10)11-4-6-13-7-5-11/h1-2,4-8,14H,9H2. The Morgan fingerprint density at radius 3 is 2.71 bits per heavy atom. The van der Waals surface area contributed by atoms with Crippen molar-refractivity contribution in [2.45, 2.75) is 6.61 Å². The van der Waals surface area contributed by atoms with E-state index < -0.39 is 0 Å². The fourth-order valence-corrected chi connectivity index (χ4v) is 1.31. The van der Waals surface area contributed by atoms with E-state index in [-0.39, 0.29) is 6.61 Å². The minimum atomic E-state index is 0.0623. The van der Waals surface area contributed by atoms with Gasteiger partial charge in [0, 0.05) is 12.4 Å². The summed E-state index contributed by atoms with van der Waals surface area (Å²) in [6, 6.07) is 12.6. The molecule has 2 heteroatoms. The largest absolute Gasteiger partial charge is 0.392 e. The third-order valence-electron chi connectivity index (χ3n) is 2.04. The van der Waals surface area contributed by atoms with E-state index in [1.165, 1.54) is 0 Å². The minimum absolute atomic E-state index is 0.0623. The molecule has 0 saturated heterocycles. The van der Waals surface area contributed by atoms with Crippen molar-refractivity contribution < 1.29 is 5.11 Å². The molecule has 0 aliphatic carbocycles. The average molecular weight is 184 g/mol. The quantitative estimate of drug-likeness (QED) is 0.774. The second kappa shape index (κ2) is 4.03. The number of hydrogen-bond acceptors (Lipinski definition) is 2. The van der Waals surface area contributed by atoms with Gasteiger partial charge in [0.15, 0.2) is 0 Å². The maximum atomic E-state index is 8.98. The van der Waals surface area contributed by atoms with Gasteiger partial charge in [-0.1, -0.05) is 12.1 Å². The van der Waals surface area contributed by atoms with Crippen LogP contribution < -0.4 is 0 Å². The summed E-state index contributed by atoms with van der Waals surface area (Å²) >= 11 is 0. The smallest absolute Gasteiger partial charge is 0.0682 e. The monoisotopic (exact) mass is 184 g/mol. The van der Waals surface area contributed by atoms with Crippen molar-refractivity contribution in [2.75, 3.05) is 0 Å². The number of nitrogens with zero attached hydrogens (tertiary/aromatic N) is 1. The van der Waals surface area contributed by atoms with Gasteiger partial charge in [0.25, 0.3) is 0 Å². The first-order valence-corrected chi connectivity index (χ1v) is 4.42. The number of aromatic nitrogens is 1. The molecule has 0 spiro atoms. The van der Waals surface area contributed by atoms with Gasteiger partial charge in [-0.15, -0.1) is 0 Å². The van der Waals surface area contributed by atoms with Crippen LogP contribution in [0.2, 0.25) is 0 Å². The zero-order valence-corrected chi connectivity index (χ0v) is 7.64. The fraction of sp³-hybridized carbons (Fsp3) is 0.0833. The Morgan fingerprint density at radius 1 is 1.21 bits per heavy atom. The third-order valence-corrected chi connectivity index (χ3v) is 2.04. The van der Waals surface area contributed by atoms with E-state index in [2.05, 4.69) is 11.1 Å². The summed E-state index contributed by atoms with van der Waals surface area (Å²) in [7, 11) is 0. The highest BCUT2D eigenvalue weighted by atomic mass is 16.3. The van der Waals surface area contributed by atoms with Crippen LogP contribution in [0.3, 0.4) is 0 Å². The van der Waals surface area contributed by atoms with Crippen LogP contribution in [0, 0.1) is 6.07 Å². The van der Waals surface area contributed by atoms with Crippen molar-refractivity contribution in [3.05, 3.63) is 54.4 Å². The normalized spacial score (nSPS) is 10.1. The van der Waals surface area contributed by atoms with Gasteiger partial charge in [0.05, 0.1) is 6.61 Å². The molecule has 0 saturated carbocycles. The van der Waals surface area contributed by atoms with Crippen molar-refractivity contribution in [3.8, 4) is 11.1 Å². The number of rotatable bonds is 2. The van der Waals surface area contributed by atoms with E-state index in [1.807, 2.05) is 30.3 Å². The second-order valence-corrected chi connectivity index (χ2v) is 3.00. The molecule has 0 aliphatic rings. The van der Waals surface area contributed by atoms with Crippen molar-refractivity contribution in [1.82, 2.24) is 4.98 Å². The summed E-state index contributed by atoms with van der Waals surface area (Å²) < 4.78 is 0. The maximum Gasteiger partial charge on any atom is 0.0682 e. The van der Waals surface area contributed by atoms with Gasteiger partial charge in [-0.3, -0.25) is 4.98 Å². The lowest BCUT2D eigenvalue weighted by atomic mass is 10.0. The molecule has 1 heterocycles. The highest BCUT2D eigenvalue weighted by molar-refractivity contribution is 5.62. The van der Waals surface area contributed by atoms with Gasteiger partial charge < -0.3 is 5.11 Å². The molecule has 2 rings (SSSR count). The molecule has 0 amide bonds. The first-order chi connectivity index (χ1) is 6.90. The molecule has 0 aliphatic heterocycles. The van der Waals surface area contributed by atoms with E-state index >= 15 is 0 Å². The van der Waals surface area contributed by atoms with E-state index in [9.17, 15) is 0 Å². The summed E-state index contributed by atoms with van der Waals surface area (Å²) in [5, 5.41) is 8.98. The zero-order valence-electron chi connectivity index (χ0n) is 7.64. The van der Waals surface area contributed by atoms with Crippen LogP contribution in [0.25, 0.3) is 11.1 Å². The zero-order chi connectivity index (χ0) is 9.80. The molecule has 2 nitrogen and oxygen atoms in total. The van der Waals surface area contributed by atoms with Gasteiger partial charge in [0.2, 0.25) is 0 Å². The Labute approximate surface area is 82.9 Å². The number of hydrogen-bond donors (Lipinski definition) is 1. The molecule has 2 aromatic rings. The van der Waals surface area contributed by atoms with Crippen molar-refractivity contribution in [3.63, 3.8) is 0 Å². The third kappa shape index (κ3) is 1.80. The lowest BCUT2D eigenvalue weighted by Gasteiger charge is -2.02. The molecule has 0 unspecified atom stereocenters. The van der Waals surface area contributed by atoms with Gasteiger partial charge in [-0.05, 0) is 41.0 Å². The van der Waals surface area contributed by atoms with Gasteiger partial charge in [-0.25, -0.2) is 0 Å². The molecule has 0 fully saturated rings. The Balaban J connectivity index is 2.42. The number of pyridine rings is 1. The summed E-state index contributed by atoms with van der Waals surface area (Å²) in [5.41, 5.74) is 2.95. The molecule has 0 bridgehead atoms. The second-order valence-electron chi connectivity index (χ2n) is 3.00. The molecule has 1 N–H and O–H groups in total. The summed E-state index contributed by atoms with van der Waals surface area (Å²) in [4.78, 5) is 3.95. The highest BCUT2D eigenvalue weighted by Gasteiger charge is 1.97. The van der Waals surface area contributed by atoms with E-state index in [1.54, 1.807) is 12.4 Å². The SMILES string of the molecule is OCc1cc[c]c(-c2ccncc2)c1.